The number of hydrogen-bond donors (Lipinski definition) is 1. The molecular weight excluding hydrogens is 290 g/mol. The highest BCUT2D eigenvalue weighted by Gasteiger charge is 2.16. The van der Waals surface area contributed by atoms with Gasteiger partial charge in [0.15, 0.2) is 0 Å². The van der Waals surface area contributed by atoms with Gasteiger partial charge in [-0.2, -0.15) is 0 Å². The first kappa shape index (κ1) is 13.4. The van der Waals surface area contributed by atoms with Crippen LogP contribution >= 0.6 is 15.9 Å². The fourth-order valence-corrected chi connectivity index (χ4v) is 2.38. The van der Waals surface area contributed by atoms with Gasteiger partial charge >= 0.3 is 0 Å². The van der Waals surface area contributed by atoms with Crippen LogP contribution in [-0.2, 0) is 0 Å². The van der Waals surface area contributed by atoms with Gasteiger partial charge in [0, 0.05) is 4.47 Å². The van der Waals surface area contributed by atoms with Gasteiger partial charge in [-0.1, -0.05) is 35.0 Å². The molecule has 1 atom stereocenters. The molecule has 2 aromatic rings. The van der Waals surface area contributed by atoms with Crippen molar-refractivity contribution in [2.75, 3.05) is 6.54 Å². The monoisotopic (exact) mass is 307 g/mol. The van der Waals surface area contributed by atoms with Crippen molar-refractivity contribution >= 4 is 15.9 Å². The Labute approximate surface area is 117 Å². The summed E-state index contributed by atoms with van der Waals surface area (Å²) >= 11 is 3.52. The van der Waals surface area contributed by atoms with Crippen LogP contribution in [0.5, 0.6) is 0 Å². The molecule has 96 valence electrons. The third kappa shape index (κ3) is 3.24. The average molecular weight is 308 g/mol. The number of furan rings is 1. The predicted molar refractivity (Wildman–Crippen MR) is 77.7 cm³/mol. The highest BCUT2D eigenvalue weighted by Crippen LogP contribution is 2.26. The van der Waals surface area contributed by atoms with Crippen molar-refractivity contribution in [3.63, 3.8) is 0 Å². The zero-order valence-corrected chi connectivity index (χ0v) is 12.3. The first-order valence-electron chi connectivity index (χ1n) is 6.26. The van der Waals surface area contributed by atoms with E-state index in [-0.39, 0.29) is 6.04 Å². The molecule has 0 saturated heterocycles. The molecule has 0 fully saturated rings. The largest absolute Gasteiger partial charge is 0.464 e. The SMILES string of the molecule is CCCNC(c1cccc(Br)c1)c1ccc(C)o1. The topological polar surface area (TPSA) is 25.2 Å². The summed E-state index contributed by atoms with van der Waals surface area (Å²) in [7, 11) is 0. The maximum atomic E-state index is 5.76. The molecule has 0 radical (unpaired) electrons. The van der Waals surface area contributed by atoms with Gasteiger partial charge in [-0.25, -0.2) is 0 Å². The van der Waals surface area contributed by atoms with Crippen molar-refractivity contribution in [1.29, 1.82) is 0 Å². The summed E-state index contributed by atoms with van der Waals surface area (Å²) < 4.78 is 6.85. The minimum Gasteiger partial charge on any atom is -0.464 e. The number of halogens is 1. The number of benzene rings is 1. The molecule has 0 aliphatic carbocycles. The molecular formula is C15H18BrNO. The van der Waals surface area contributed by atoms with Crippen LogP contribution in [0.2, 0.25) is 0 Å². The van der Waals surface area contributed by atoms with E-state index < -0.39 is 0 Å². The van der Waals surface area contributed by atoms with E-state index in [0.29, 0.717) is 0 Å². The summed E-state index contributed by atoms with van der Waals surface area (Å²) in [5, 5.41) is 3.53. The lowest BCUT2D eigenvalue weighted by molar-refractivity contribution is 0.430. The smallest absolute Gasteiger partial charge is 0.125 e. The Balaban J connectivity index is 2.30. The molecule has 1 heterocycles. The number of nitrogens with one attached hydrogen (secondary N) is 1. The minimum atomic E-state index is 0.121. The third-order valence-corrected chi connectivity index (χ3v) is 3.32. The quantitative estimate of drug-likeness (QED) is 0.883. The lowest BCUT2D eigenvalue weighted by Crippen LogP contribution is -2.22. The van der Waals surface area contributed by atoms with Crippen molar-refractivity contribution in [2.24, 2.45) is 0 Å². The molecule has 18 heavy (non-hydrogen) atoms. The van der Waals surface area contributed by atoms with Gasteiger partial charge in [0.05, 0.1) is 6.04 Å². The fourth-order valence-electron chi connectivity index (χ4n) is 1.97. The fraction of sp³-hybridized carbons (Fsp3) is 0.333. The molecule has 0 saturated carbocycles. The lowest BCUT2D eigenvalue weighted by Gasteiger charge is -2.17. The summed E-state index contributed by atoms with van der Waals surface area (Å²) in [5.41, 5.74) is 1.21. The predicted octanol–water partition coefficient (Wildman–Crippen LogP) is 4.44. The van der Waals surface area contributed by atoms with Gasteiger partial charge in [0.25, 0.3) is 0 Å². The Bertz CT molecular complexity index is 507. The van der Waals surface area contributed by atoms with Gasteiger partial charge in [-0.15, -0.1) is 0 Å². The molecule has 1 aromatic heterocycles. The summed E-state index contributed by atoms with van der Waals surface area (Å²) in [6.45, 7) is 5.11. The van der Waals surface area contributed by atoms with Crippen LogP contribution < -0.4 is 5.32 Å². The van der Waals surface area contributed by atoms with E-state index >= 15 is 0 Å². The number of aryl methyl sites for hydroxylation is 1. The third-order valence-electron chi connectivity index (χ3n) is 2.83. The van der Waals surface area contributed by atoms with Gasteiger partial charge < -0.3 is 9.73 Å². The van der Waals surface area contributed by atoms with Crippen LogP contribution in [0.3, 0.4) is 0 Å². The minimum absolute atomic E-state index is 0.121. The molecule has 1 N–H and O–H groups in total. The van der Waals surface area contributed by atoms with Crippen LogP contribution in [0, 0.1) is 6.92 Å². The Kier molecular flexibility index (Phi) is 4.61. The van der Waals surface area contributed by atoms with Crippen molar-refractivity contribution in [3.8, 4) is 0 Å². The second-order valence-corrected chi connectivity index (χ2v) is 5.31. The van der Waals surface area contributed by atoms with Crippen LogP contribution in [0.1, 0.15) is 36.5 Å². The van der Waals surface area contributed by atoms with E-state index in [9.17, 15) is 0 Å². The second kappa shape index (κ2) is 6.21. The molecule has 3 heteroatoms. The average Bonchev–Trinajstić information content (AvgIpc) is 2.76. The van der Waals surface area contributed by atoms with Crippen LogP contribution in [0.4, 0.5) is 0 Å². The molecule has 0 aliphatic heterocycles. The van der Waals surface area contributed by atoms with E-state index in [2.05, 4.69) is 46.4 Å². The summed E-state index contributed by atoms with van der Waals surface area (Å²) in [6, 6.07) is 12.5. The van der Waals surface area contributed by atoms with E-state index in [1.165, 1.54) is 5.56 Å². The maximum Gasteiger partial charge on any atom is 0.125 e. The molecule has 2 nitrogen and oxygen atoms in total. The standard InChI is InChI=1S/C15H18BrNO/c1-3-9-17-15(14-8-7-11(2)18-14)12-5-4-6-13(16)10-12/h4-8,10,15,17H,3,9H2,1-2H3. The highest BCUT2D eigenvalue weighted by atomic mass is 79.9. The number of rotatable bonds is 5. The van der Waals surface area contributed by atoms with E-state index in [0.717, 1.165) is 29.0 Å². The normalized spacial score (nSPS) is 12.6. The Morgan fingerprint density at radius 2 is 2.11 bits per heavy atom. The molecule has 0 bridgehead atoms. The van der Waals surface area contributed by atoms with Gasteiger partial charge in [0.2, 0.25) is 0 Å². The van der Waals surface area contributed by atoms with E-state index in [4.69, 9.17) is 4.42 Å². The highest BCUT2D eigenvalue weighted by molar-refractivity contribution is 9.10. The zero-order valence-electron chi connectivity index (χ0n) is 10.7. The molecule has 1 aromatic carbocycles. The molecule has 1 unspecified atom stereocenters. The number of hydrogen-bond acceptors (Lipinski definition) is 2. The van der Waals surface area contributed by atoms with Crippen LogP contribution in [0.25, 0.3) is 0 Å². The van der Waals surface area contributed by atoms with E-state index in [1.807, 2.05) is 25.1 Å². The van der Waals surface area contributed by atoms with Gasteiger partial charge in [-0.05, 0) is 49.7 Å². The lowest BCUT2D eigenvalue weighted by atomic mass is 10.0. The van der Waals surface area contributed by atoms with Crippen LogP contribution in [-0.4, -0.2) is 6.54 Å². The Morgan fingerprint density at radius 3 is 2.72 bits per heavy atom. The van der Waals surface area contributed by atoms with Crippen LogP contribution in [0.15, 0.2) is 45.3 Å². The zero-order chi connectivity index (χ0) is 13.0. The van der Waals surface area contributed by atoms with Crippen molar-refractivity contribution < 1.29 is 4.42 Å². The first-order chi connectivity index (χ1) is 8.70. The maximum absolute atomic E-state index is 5.76. The Morgan fingerprint density at radius 1 is 1.28 bits per heavy atom. The second-order valence-electron chi connectivity index (χ2n) is 4.39. The van der Waals surface area contributed by atoms with Crippen molar-refractivity contribution in [3.05, 3.63) is 58.0 Å². The summed E-state index contributed by atoms with van der Waals surface area (Å²) in [5.74, 6) is 1.92. The van der Waals surface area contributed by atoms with Crippen molar-refractivity contribution in [1.82, 2.24) is 5.32 Å². The molecule has 2 rings (SSSR count). The summed E-state index contributed by atoms with van der Waals surface area (Å²) in [6.07, 6.45) is 1.10. The molecule has 0 spiro atoms. The first-order valence-corrected chi connectivity index (χ1v) is 7.05. The van der Waals surface area contributed by atoms with Gasteiger partial charge in [-0.3, -0.25) is 0 Å². The summed E-state index contributed by atoms with van der Waals surface area (Å²) in [4.78, 5) is 0. The van der Waals surface area contributed by atoms with Gasteiger partial charge in [0.1, 0.15) is 11.5 Å². The Hall–Kier alpha value is -1.06. The van der Waals surface area contributed by atoms with Crippen molar-refractivity contribution in [2.45, 2.75) is 26.3 Å². The molecule has 0 amide bonds. The van der Waals surface area contributed by atoms with E-state index in [1.54, 1.807) is 0 Å². The molecule has 0 aliphatic rings.